The van der Waals surface area contributed by atoms with Crippen LogP contribution in [0.15, 0.2) is 42.5 Å². The second kappa shape index (κ2) is 11.5. The predicted molar refractivity (Wildman–Crippen MR) is 125 cm³/mol. The van der Waals surface area contributed by atoms with Crippen molar-refractivity contribution in [3.8, 4) is 5.75 Å². The van der Waals surface area contributed by atoms with Crippen LogP contribution in [0.3, 0.4) is 0 Å². The van der Waals surface area contributed by atoms with E-state index in [9.17, 15) is 9.59 Å². The van der Waals surface area contributed by atoms with E-state index >= 15 is 0 Å². The van der Waals surface area contributed by atoms with Gasteiger partial charge in [0.25, 0.3) is 0 Å². The SMILES string of the molecule is CC[C@@H](C(=O)NCC(C)C)N(Cc1ccc(OC)cc1)C(=O)Cc1cc(C)cc(C)c1. The molecule has 0 aliphatic rings. The van der Waals surface area contributed by atoms with E-state index in [1.54, 1.807) is 12.0 Å². The molecule has 5 nitrogen and oxygen atoms in total. The molecule has 168 valence electrons. The maximum Gasteiger partial charge on any atom is 0.242 e. The van der Waals surface area contributed by atoms with Gasteiger partial charge in [0.2, 0.25) is 11.8 Å². The van der Waals surface area contributed by atoms with E-state index < -0.39 is 6.04 Å². The lowest BCUT2D eigenvalue weighted by Crippen LogP contribution is -2.50. The van der Waals surface area contributed by atoms with Crippen molar-refractivity contribution in [3.05, 3.63) is 64.7 Å². The van der Waals surface area contributed by atoms with Crippen molar-refractivity contribution in [1.29, 1.82) is 0 Å². The van der Waals surface area contributed by atoms with Crippen molar-refractivity contribution >= 4 is 11.8 Å². The summed E-state index contributed by atoms with van der Waals surface area (Å²) in [5.41, 5.74) is 4.20. The van der Waals surface area contributed by atoms with Crippen molar-refractivity contribution in [2.75, 3.05) is 13.7 Å². The maximum absolute atomic E-state index is 13.4. The summed E-state index contributed by atoms with van der Waals surface area (Å²) >= 11 is 0. The average molecular weight is 425 g/mol. The first-order valence-electron chi connectivity index (χ1n) is 11.0. The van der Waals surface area contributed by atoms with Crippen LogP contribution in [-0.4, -0.2) is 36.4 Å². The fourth-order valence-electron chi connectivity index (χ4n) is 3.72. The average Bonchev–Trinajstić information content (AvgIpc) is 2.71. The summed E-state index contributed by atoms with van der Waals surface area (Å²) in [5, 5.41) is 3.00. The third-order valence-corrected chi connectivity index (χ3v) is 5.22. The Morgan fingerprint density at radius 2 is 1.61 bits per heavy atom. The molecule has 1 atom stereocenters. The van der Waals surface area contributed by atoms with Crippen LogP contribution in [0.5, 0.6) is 5.75 Å². The quantitative estimate of drug-likeness (QED) is 0.614. The second-order valence-corrected chi connectivity index (χ2v) is 8.61. The largest absolute Gasteiger partial charge is 0.497 e. The number of methoxy groups -OCH3 is 1. The lowest BCUT2D eigenvalue weighted by Gasteiger charge is -2.31. The maximum atomic E-state index is 13.4. The zero-order chi connectivity index (χ0) is 23.0. The molecule has 0 bridgehead atoms. The van der Waals surface area contributed by atoms with Crippen LogP contribution < -0.4 is 10.1 Å². The molecular weight excluding hydrogens is 388 g/mol. The van der Waals surface area contributed by atoms with Gasteiger partial charge in [-0.1, -0.05) is 62.2 Å². The molecule has 2 aromatic carbocycles. The molecule has 0 heterocycles. The number of benzene rings is 2. The Morgan fingerprint density at radius 1 is 1.00 bits per heavy atom. The van der Waals surface area contributed by atoms with Gasteiger partial charge >= 0.3 is 0 Å². The minimum atomic E-state index is -0.515. The topological polar surface area (TPSA) is 58.6 Å². The van der Waals surface area contributed by atoms with Crippen LogP contribution >= 0.6 is 0 Å². The summed E-state index contributed by atoms with van der Waals surface area (Å²) < 4.78 is 5.24. The summed E-state index contributed by atoms with van der Waals surface area (Å²) in [6.45, 7) is 11.1. The normalized spacial score (nSPS) is 11.8. The molecule has 0 saturated carbocycles. The number of amides is 2. The van der Waals surface area contributed by atoms with Crippen LogP contribution in [0.25, 0.3) is 0 Å². The molecule has 0 fully saturated rings. The van der Waals surface area contributed by atoms with E-state index in [2.05, 4.69) is 25.2 Å². The highest BCUT2D eigenvalue weighted by Crippen LogP contribution is 2.18. The number of hydrogen-bond donors (Lipinski definition) is 1. The Kier molecular flexibility index (Phi) is 9.10. The van der Waals surface area contributed by atoms with E-state index in [1.165, 1.54) is 0 Å². The minimum Gasteiger partial charge on any atom is -0.497 e. The van der Waals surface area contributed by atoms with Crippen molar-refractivity contribution in [1.82, 2.24) is 10.2 Å². The third-order valence-electron chi connectivity index (χ3n) is 5.22. The van der Waals surface area contributed by atoms with E-state index in [0.29, 0.717) is 25.4 Å². The molecule has 5 heteroatoms. The number of nitrogens with one attached hydrogen (secondary N) is 1. The zero-order valence-corrected chi connectivity index (χ0v) is 19.7. The van der Waals surface area contributed by atoms with Crippen LogP contribution in [-0.2, 0) is 22.6 Å². The van der Waals surface area contributed by atoms with Crippen molar-refractivity contribution < 1.29 is 14.3 Å². The molecule has 1 N–H and O–H groups in total. The predicted octanol–water partition coefficient (Wildman–Crippen LogP) is 4.43. The Labute approximate surface area is 186 Å². The van der Waals surface area contributed by atoms with Gasteiger partial charge in [0.05, 0.1) is 13.5 Å². The van der Waals surface area contributed by atoms with Gasteiger partial charge < -0.3 is 15.0 Å². The van der Waals surface area contributed by atoms with Gasteiger partial charge in [0, 0.05) is 13.1 Å². The Balaban J connectivity index is 2.29. The summed E-state index contributed by atoms with van der Waals surface area (Å²) in [5.74, 6) is 0.965. The first-order valence-corrected chi connectivity index (χ1v) is 11.0. The minimum absolute atomic E-state index is 0.0487. The number of aryl methyl sites for hydroxylation is 2. The molecular formula is C26H36N2O3. The van der Waals surface area contributed by atoms with Crippen LogP contribution in [0, 0.1) is 19.8 Å². The molecule has 2 aromatic rings. The van der Waals surface area contributed by atoms with Gasteiger partial charge in [-0.3, -0.25) is 9.59 Å². The highest BCUT2D eigenvalue weighted by molar-refractivity contribution is 5.88. The van der Waals surface area contributed by atoms with Crippen LogP contribution in [0.1, 0.15) is 49.4 Å². The molecule has 2 amide bonds. The molecule has 0 aliphatic carbocycles. The number of carbonyl (C=O) groups is 2. The molecule has 0 saturated heterocycles. The lowest BCUT2D eigenvalue weighted by molar-refractivity contribution is -0.141. The summed E-state index contributed by atoms with van der Waals surface area (Å²) in [6.07, 6.45) is 0.825. The van der Waals surface area contributed by atoms with Gasteiger partial charge in [-0.05, 0) is 49.4 Å². The molecule has 0 unspecified atom stereocenters. The number of carbonyl (C=O) groups excluding carboxylic acids is 2. The third kappa shape index (κ3) is 7.42. The van der Waals surface area contributed by atoms with E-state index in [-0.39, 0.29) is 18.2 Å². The van der Waals surface area contributed by atoms with E-state index in [4.69, 9.17) is 4.74 Å². The first kappa shape index (κ1) is 24.4. The summed E-state index contributed by atoms with van der Waals surface area (Å²) in [4.78, 5) is 28.1. The standard InChI is InChI=1S/C26H36N2O3/c1-7-24(26(30)27-16-18(2)3)28(17-21-8-10-23(31-6)11-9-21)25(29)15-22-13-19(4)12-20(5)14-22/h8-14,18,24H,7,15-17H2,1-6H3,(H,27,30)/t24-/m0/s1. The molecule has 31 heavy (non-hydrogen) atoms. The molecule has 0 radical (unpaired) electrons. The van der Waals surface area contributed by atoms with E-state index in [0.717, 1.165) is 28.0 Å². The number of rotatable bonds is 10. The zero-order valence-electron chi connectivity index (χ0n) is 19.7. The van der Waals surface area contributed by atoms with Gasteiger partial charge in [0.1, 0.15) is 11.8 Å². The van der Waals surface area contributed by atoms with Crippen molar-refractivity contribution in [2.24, 2.45) is 5.92 Å². The van der Waals surface area contributed by atoms with Crippen molar-refractivity contribution in [3.63, 3.8) is 0 Å². The first-order chi connectivity index (χ1) is 14.7. The van der Waals surface area contributed by atoms with Gasteiger partial charge in [-0.2, -0.15) is 0 Å². The number of nitrogens with zero attached hydrogens (tertiary/aromatic N) is 1. The van der Waals surface area contributed by atoms with Gasteiger partial charge in [0.15, 0.2) is 0 Å². The fourth-order valence-corrected chi connectivity index (χ4v) is 3.72. The van der Waals surface area contributed by atoms with Crippen LogP contribution in [0.4, 0.5) is 0 Å². The van der Waals surface area contributed by atoms with Gasteiger partial charge in [-0.25, -0.2) is 0 Å². The lowest BCUT2D eigenvalue weighted by atomic mass is 10.0. The molecule has 2 rings (SSSR count). The number of hydrogen-bond acceptors (Lipinski definition) is 3. The summed E-state index contributed by atoms with van der Waals surface area (Å²) in [6, 6.07) is 13.3. The molecule has 0 aliphatic heterocycles. The van der Waals surface area contributed by atoms with E-state index in [1.807, 2.05) is 57.2 Å². The Morgan fingerprint density at radius 3 is 2.13 bits per heavy atom. The number of ether oxygens (including phenoxy) is 1. The second-order valence-electron chi connectivity index (χ2n) is 8.61. The Hall–Kier alpha value is -2.82. The highest BCUT2D eigenvalue weighted by Gasteiger charge is 2.28. The smallest absolute Gasteiger partial charge is 0.242 e. The van der Waals surface area contributed by atoms with Crippen molar-refractivity contribution in [2.45, 2.75) is 60.0 Å². The van der Waals surface area contributed by atoms with Gasteiger partial charge in [-0.15, -0.1) is 0 Å². The fraction of sp³-hybridized carbons (Fsp3) is 0.462. The molecule has 0 aromatic heterocycles. The van der Waals surface area contributed by atoms with Crippen LogP contribution in [0.2, 0.25) is 0 Å². The monoisotopic (exact) mass is 424 g/mol. The Bertz CT molecular complexity index is 854. The summed E-state index contributed by atoms with van der Waals surface area (Å²) in [7, 11) is 1.63. The highest BCUT2D eigenvalue weighted by atomic mass is 16.5. The molecule has 0 spiro atoms.